The van der Waals surface area contributed by atoms with Gasteiger partial charge in [0.1, 0.15) is 5.75 Å². The second-order valence-electron chi connectivity index (χ2n) is 3.91. The number of phenolic OH excluding ortho intramolecular Hbond substituents is 1. The summed E-state index contributed by atoms with van der Waals surface area (Å²) in [5, 5.41) is 9.14. The van der Waals surface area contributed by atoms with E-state index in [1.165, 1.54) is 6.08 Å². The van der Waals surface area contributed by atoms with E-state index < -0.39 is 0 Å². The zero-order valence-corrected chi connectivity index (χ0v) is 10.3. The molecule has 0 saturated carbocycles. The third kappa shape index (κ3) is 5.20. The van der Waals surface area contributed by atoms with Crippen molar-refractivity contribution in [1.29, 1.82) is 0 Å². The van der Waals surface area contributed by atoms with Crippen LogP contribution in [0.1, 0.15) is 25.8 Å². The number of aryl methyl sites for hydroxylation is 1. The number of phenols is 1. The molecule has 0 radical (unpaired) electrons. The number of aromatic hydroxyl groups is 1. The largest absolute Gasteiger partial charge is 0.508 e. The first-order valence-corrected chi connectivity index (χ1v) is 5.73. The molecule has 92 valence electrons. The Morgan fingerprint density at radius 1 is 1.35 bits per heavy atom. The summed E-state index contributed by atoms with van der Waals surface area (Å²) >= 11 is 0. The van der Waals surface area contributed by atoms with Gasteiger partial charge in [-0.15, -0.1) is 0 Å². The summed E-state index contributed by atoms with van der Waals surface area (Å²) < 4.78 is 4.83. The molecule has 1 rings (SSSR count). The standard InChI is InChI=1S/C14H18O3/c1-3-17-14(16)10-11(2)4-5-12-6-8-13(15)9-7-12/h6-10,15H,3-5H2,1-2H3. The molecule has 0 amide bonds. The molecule has 1 aromatic carbocycles. The van der Waals surface area contributed by atoms with Gasteiger partial charge in [-0.3, -0.25) is 0 Å². The summed E-state index contributed by atoms with van der Waals surface area (Å²) in [6.45, 7) is 4.11. The molecule has 0 aliphatic rings. The minimum absolute atomic E-state index is 0.271. The second kappa shape index (κ2) is 6.74. The molecule has 0 fully saturated rings. The van der Waals surface area contributed by atoms with Crippen LogP contribution in [-0.4, -0.2) is 17.7 Å². The molecule has 0 heterocycles. The Kier molecular flexibility index (Phi) is 5.27. The van der Waals surface area contributed by atoms with E-state index in [4.69, 9.17) is 9.84 Å². The van der Waals surface area contributed by atoms with Crippen molar-refractivity contribution in [2.45, 2.75) is 26.7 Å². The predicted octanol–water partition coefficient (Wildman–Crippen LogP) is 2.83. The van der Waals surface area contributed by atoms with Gasteiger partial charge in [0.2, 0.25) is 0 Å². The zero-order valence-electron chi connectivity index (χ0n) is 10.3. The first kappa shape index (κ1) is 13.3. The van der Waals surface area contributed by atoms with Crippen LogP contribution in [0.4, 0.5) is 0 Å². The van der Waals surface area contributed by atoms with Crippen molar-refractivity contribution in [1.82, 2.24) is 0 Å². The fraction of sp³-hybridized carbons (Fsp3) is 0.357. The summed E-state index contributed by atoms with van der Waals surface area (Å²) in [7, 11) is 0. The summed E-state index contributed by atoms with van der Waals surface area (Å²) in [6, 6.07) is 7.10. The van der Waals surface area contributed by atoms with Gasteiger partial charge in [0.25, 0.3) is 0 Å². The average Bonchev–Trinajstić information content (AvgIpc) is 2.28. The molecule has 0 bridgehead atoms. The van der Waals surface area contributed by atoms with Crippen LogP contribution >= 0.6 is 0 Å². The van der Waals surface area contributed by atoms with E-state index in [9.17, 15) is 4.79 Å². The number of rotatable bonds is 5. The summed E-state index contributed by atoms with van der Waals surface area (Å²) in [4.78, 5) is 11.2. The van der Waals surface area contributed by atoms with Gasteiger partial charge in [0.05, 0.1) is 6.61 Å². The van der Waals surface area contributed by atoms with Crippen LogP contribution in [0.25, 0.3) is 0 Å². The molecule has 3 heteroatoms. The fourth-order valence-electron chi connectivity index (χ4n) is 1.46. The Hall–Kier alpha value is -1.77. The molecule has 0 atom stereocenters. The van der Waals surface area contributed by atoms with Crippen molar-refractivity contribution in [2.75, 3.05) is 6.61 Å². The molecule has 1 N–H and O–H groups in total. The first-order valence-electron chi connectivity index (χ1n) is 5.73. The van der Waals surface area contributed by atoms with Gasteiger partial charge in [0, 0.05) is 6.08 Å². The molecule has 0 spiro atoms. The van der Waals surface area contributed by atoms with Crippen LogP contribution in [0.15, 0.2) is 35.9 Å². The molecule has 3 nitrogen and oxygen atoms in total. The second-order valence-corrected chi connectivity index (χ2v) is 3.91. The zero-order chi connectivity index (χ0) is 12.7. The van der Waals surface area contributed by atoms with E-state index in [2.05, 4.69) is 0 Å². The van der Waals surface area contributed by atoms with Crippen molar-refractivity contribution in [3.8, 4) is 5.75 Å². The van der Waals surface area contributed by atoms with Crippen molar-refractivity contribution < 1.29 is 14.6 Å². The Morgan fingerprint density at radius 2 is 2.00 bits per heavy atom. The van der Waals surface area contributed by atoms with E-state index in [1.807, 2.05) is 19.1 Å². The molecular weight excluding hydrogens is 216 g/mol. The molecule has 0 aliphatic heterocycles. The molecular formula is C14H18O3. The number of carbonyl (C=O) groups is 1. The van der Waals surface area contributed by atoms with E-state index >= 15 is 0 Å². The summed E-state index contributed by atoms with van der Waals surface area (Å²) in [5.74, 6) is -0.0109. The van der Waals surface area contributed by atoms with Gasteiger partial charge in [-0.25, -0.2) is 4.79 Å². The maximum absolute atomic E-state index is 11.2. The number of benzene rings is 1. The number of ether oxygens (including phenoxy) is 1. The lowest BCUT2D eigenvalue weighted by molar-refractivity contribution is -0.137. The quantitative estimate of drug-likeness (QED) is 0.629. The number of esters is 1. The summed E-state index contributed by atoms with van der Waals surface area (Å²) in [6.07, 6.45) is 3.19. The van der Waals surface area contributed by atoms with Gasteiger partial charge in [-0.2, -0.15) is 0 Å². The van der Waals surface area contributed by atoms with Crippen LogP contribution in [-0.2, 0) is 16.0 Å². The fourth-order valence-corrected chi connectivity index (χ4v) is 1.46. The minimum atomic E-state index is -0.282. The number of hydrogen-bond donors (Lipinski definition) is 1. The maximum Gasteiger partial charge on any atom is 0.330 e. The highest BCUT2D eigenvalue weighted by molar-refractivity contribution is 5.82. The van der Waals surface area contributed by atoms with Gasteiger partial charge in [0.15, 0.2) is 0 Å². The van der Waals surface area contributed by atoms with Crippen molar-refractivity contribution in [2.24, 2.45) is 0 Å². The third-order valence-corrected chi connectivity index (χ3v) is 2.40. The van der Waals surface area contributed by atoms with Crippen LogP contribution in [0.2, 0.25) is 0 Å². The topological polar surface area (TPSA) is 46.5 Å². The number of allylic oxidation sites excluding steroid dienone is 1. The summed E-state index contributed by atoms with van der Waals surface area (Å²) in [5.41, 5.74) is 2.14. The predicted molar refractivity (Wildman–Crippen MR) is 66.8 cm³/mol. The van der Waals surface area contributed by atoms with E-state index in [0.717, 1.165) is 24.0 Å². The highest BCUT2D eigenvalue weighted by atomic mass is 16.5. The van der Waals surface area contributed by atoms with Gasteiger partial charge in [-0.05, 0) is 44.4 Å². The SMILES string of the molecule is CCOC(=O)C=C(C)CCc1ccc(O)cc1. The van der Waals surface area contributed by atoms with Crippen LogP contribution in [0.3, 0.4) is 0 Å². The Morgan fingerprint density at radius 3 is 2.59 bits per heavy atom. The first-order chi connectivity index (χ1) is 8.11. The Balaban J connectivity index is 2.45. The highest BCUT2D eigenvalue weighted by Crippen LogP contribution is 2.13. The highest BCUT2D eigenvalue weighted by Gasteiger charge is 1.99. The smallest absolute Gasteiger partial charge is 0.330 e. The van der Waals surface area contributed by atoms with Crippen LogP contribution in [0.5, 0.6) is 5.75 Å². The minimum Gasteiger partial charge on any atom is -0.508 e. The molecule has 0 aromatic heterocycles. The molecule has 0 aliphatic carbocycles. The van der Waals surface area contributed by atoms with E-state index in [0.29, 0.717) is 6.61 Å². The van der Waals surface area contributed by atoms with Gasteiger partial charge < -0.3 is 9.84 Å². The van der Waals surface area contributed by atoms with E-state index in [-0.39, 0.29) is 11.7 Å². The lowest BCUT2D eigenvalue weighted by Gasteiger charge is -2.03. The third-order valence-electron chi connectivity index (χ3n) is 2.40. The Bertz CT molecular complexity index is 390. The van der Waals surface area contributed by atoms with Crippen molar-refractivity contribution >= 4 is 5.97 Å². The van der Waals surface area contributed by atoms with Crippen molar-refractivity contribution in [3.05, 3.63) is 41.5 Å². The number of hydrogen-bond acceptors (Lipinski definition) is 3. The number of carbonyl (C=O) groups excluding carboxylic acids is 1. The monoisotopic (exact) mass is 234 g/mol. The average molecular weight is 234 g/mol. The van der Waals surface area contributed by atoms with Crippen LogP contribution < -0.4 is 0 Å². The molecule has 1 aromatic rings. The van der Waals surface area contributed by atoms with Crippen molar-refractivity contribution in [3.63, 3.8) is 0 Å². The molecule has 0 unspecified atom stereocenters. The maximum atomic E-state index is 11.2. The molecule has 17 heavy (non-hydrogen) atoms. The molecule has 0 saturated heterocycles. The lowest BCUT2D eigenvalue weighted by atomic mass is 10.1. The lowest BCUT2D eigenvalue weighted by Crippen LogP contribution is -2.00. The van der Waals surface area contributed by atoms with Crippen LogP contribution in [0, 0.1) is 0 Å². The van der Waals surface area contributed by atoms with Gasteiger partial charge >= 0.3 is 5.97 Å². The van der Waals surface area contributed by atoms with E-state index in [1.54, 1.807) is 19.1 Å². The Labute approximate surface area is 102 Å². The van der Waals surface area contributed by atoms with Gasteiger partial charge in [-0.1, -0.05) is 17.7 Å². The normalized spacial score (nSPS) is 11.3.